The van der Waals surface area contributed by atoms with Crippen LogP contribution in [0.4, 0.5) is 5.95 Å². The SMILES string of the molecule is Cc1c(Cl)nc(N)nc1C(=O)O. The van der Waals surface area contributed by atoms with Crippen molar-refractivity contribution in [2.24, 2.45) is 0 Å². The van der Waals surface area contributed by atoms with Crippen LogP contribution in [0.5, 0.6) is 0 Å². The Kier molecular flexibility index (Phi) is 2.14. The summed E-state index contributed by atoms with van der Waals surface area (Å²) in [5.74, 6) is -1.30. The number of nitrogen functional groups attached to an aromatic ring is 1. The van der Waals surface area contributed by atoms with Crippen LogP contribution in [0.1, 0.15) is 16.1 Å². The van der Waals surface area contributed by atoms with E-state index in [1.807, 2.05) is 0 Å². The first-order valence-electron chi connectivity index (χ1n) is 3.05. The third-order valence-corrected chi connectivity index (χ3v) is 1.67. The van der Waals surface area contributed by atoms with E-state index in [1.165, 1.54) is 6.92 Å². The number of nitrogens with two attached hydrogens (primary N) is 1. The molecule has 12 heavy (non-hydrogen) atoms. The minimum Gasteiger partial charge on any atom is -0.476 e. The van der Waals surface area contributed by atoms with E-state index in [0.717, 1.165) is 0 Å². The lowest BCUT2D eigenvalue weighted by Gasteiger charge is -2.01. The highest BCUT2D eigenvalue weighted by Crippen LogP contribution is 2.15. The van der Waals surface area contributed by atoms with Gasteiger partial charge in [-0.25, -0.2) is 14.8 Å². The van der Waals surface area contributed by atoms with E-state index in [0.29, 0.717) is 5.56 Å². The van der Waals surface area contributed by atoms with Gasteiger partial charge in [-0.2, -0.15) is 0 Å². The summed E-state index contributed by atoms with van der Waals surface area (Å²) >= 11 is 5.57. The summed E-state index contributed by atoms with van der Waals surface area (Å²) in [7, 11) is 0. The summed E-state index contributed by atoms with van der Waals surface area (Å²) in [6.45, 7) is 1.52. The van der Waals surface area contributed by atoms with E-state index >= 15 is 0 Å². The number of hydrogen-bond donors (Lipinski definition) is 2. The zero-order valence-corrected chi connectivity index (χ0v) is 6.96. The van der Waals surface area contributed by atoms with Gasteiger partial charge in [0.2, 0.25) is 5.95 Å². The predicted octanol–water partition coefficient (Wildman–Crippen LogP) is 0.719. The fraction of sp³-hybridized carbons (Fsp3) is 0.167. The maximum absolute atomic E-state index is 10.5. The van der Waals surface area contributed by atoms with Crippen LogP contribution in [0.25, 0.3) is 0 Å². The monoisotopic (exact) mass is 187 g/mol. The van der Waals surface area contributed by atoms with Gasteiger partial charge in [-0.1, -0.05) is 11.6 Å². The number of aromatic carboxylic acids is 1. The number of nitrogens with zero attached hydrogens (tertiary/aromatic N) is 2. The lowest BCUT2D eigenvalue weighted by Crippen LogP contribution is -2.08. The van der Waals surface area contributed by atoms with Crippen LogP contribution in [0.15, 0.2) is 0 Å². The summed E-state index contributed by atoms with van der Waals surface area (Å²) < 4.78 is 0. The topological polar surface area (TPSA) is 89.1 Å². The molecule has 0 aliphatic heterocycles. The molecule has 0 bridgehead atoms. The molecule has 0 atom stereocenters. The van der Waals surface area contributed by atoms with Crippen LogP contribution < -0.4 is 5.73 Å². The van der Waals surface area contributed by atoms with Gasteiger partial charge in [0.25, 0.3) is 0 Å². The molecule has 0 saturated heterocycles. The standard InChI is InChI=1S/C6H6ClN3O2/c1-2-3(5(11)12)9-6(8)10-4(2)7/h1H3,(H,11,12)(H2,8,9,10). The summed E-state index contributed by atoms with van der Waals surface area (Å²) in [5, 5.41) is 8.68. The summed E-state index contributed by atoms with van der Waals surface area (Å²) in [4.78, 5) is 17.6. The molecule has 0 aliphatic rings. The van der Waals surface area contributed by atoms with E-state index in [-0.39, 0.29) is 16.8 Å². The van der Waals surface area contributed by atoms with Crippen molar-refractivity contribution in [3.63, 3.8) is 0 Å². The van der Waals surface area contributed by atoms with Gasteiger partial charge in [0.15, 0.2) is 5.69 Å². The van der Waals surface area contributed by atoms with Crippen LogP contribution in [-0.2, 0) is 0 Å². The lowest BCUT2D eigenvalue weighted by molar-refractivity contribution is 0.0689. The molecule has 64 valence electrons. The highest BCUT2D eigenvalue weighted by atomic mass is 35.5. The molecule has 0 amide bonds. The Hall–Kier alpha value is -1.36. The second kappa shape index (κ2) is 2.94. The predicted molar refractivity (Wildman–Crippen MR) is 43.2 cm³/mol. The zero-order chi connectivity index (χ0) is 9.30. The molecular formula is C6H6ClN3O2. The van der Waals surface area contributed by atoms with E-state index in [9.17, 15) is 4.79 Å². The number of rotatable bonds is 1. The normalized spacial score (nSPS) is 9.83. The molecule has 1 aromatic heterocycles. The van der Waals surface area contributed by atoms with E-state index < -0.39 is 5.97 Å². The Labute approximate surface area is 73.2 Å². The molecule has 6 heteroatoms. The van der Waals surface area contributed by atoms with Gasteiger partial charge in [-0.15, -0.1) is 0 Å². The first kappa shape index (κ1) is 8.73. The van der Waals surface area contributed by atoms with Gasteiger partial charge in [0.1, 0.15) is 5.15 Å². The molecule has 1 rings (SSSR count). The highest BCUT2D eigenvalue weighted by molar-refractivity contribution is 6.30. The minimum atomic E-state index is -1.16. The Morgan fingerprint density at radius 2 is 2.17 bits per heavy atom. The first-order chi connectivity index (χ1) is 5.52. The smallest absolute Gasteiger partial charge is 0.355 e. The second-order valence-electron chi connectivity index (χ2n) is 2.15. The number of carbonyl (C=O) groups is 1. The molecule has 0 unspecified atom stereocenters. The maximum Gasteiger partial charge on any atom is 0.355 e. The van der Waals surface area contributed by atoms with Crippen LogP contribution in [0, 0.1) is 6.92 Å². The fourth-order valence-corrected chi connectivity index (χ4v) is 0.890. The second-order valence-corrected chi connectivity index (χ2v) is 2.51. The number of anilines is 1. The van der Waals surface area contributed by atoms with Gasteiger partial charge in [0, 0.05) is 5.56 Å². The van der Waals surface area contributed by atoms with Gasteiger partial charge >= 0.3 is 5.97 Å². The van der Waals surface area contributed by atoms with Gasteiger partial charge in [-0.3, -0.25) is 0 Å². The van der Waals surface area contributed by atoms with Crippen molar-refractivity contribution >= 4 is 23.5 Å². The average Bonchev–Trinajstić information content (AvgIpc) is 1.96. The van der Waals surface area contributed by atoms with E-state index in [1.54, 1.807) is 0 Å². The molecule has 5 nitrogen and oxygen atoms in total. The number of halogens is 1. The quantitative estimate of drug-likeness (QED) is 0.633. The molecule has 0 aliphatic carbocycles. The van der Waals surface area contributed by atoms with Crippen molar-refractivity contribution in [1.29, 1.82) is 0 Å². The molecule has 1 heterocycles. The Morgan fingerprint density at radius 3 is 2.67 bits per heavy atom. The molecule has 0 aromatic carbocycles. The first-order valence-corrected chi connectivity index (χ1v) is 3.43. The van der Waals surface area contributed by atoms with E-state index in [2.05, 4.69) is 9.97 Å². The fourth-order valence-electron chi connectivity index (χ4n) is 0.714. The molecule has 0 spiro atoms. The summed E-state index contributed by atoms with van der Waals surface area (Å²) in [6, 6.07) is 0. The maximum atomic E-state index is 10.5. The zero-order valence-electron chi connectivity index (χ0n) is 6.21. The van der Waals surface area contributed by atoms with Crippen molar-refractivity contribution in [2.75, 3.05) is 5.73 Å². The van der Waals surface area contributed by atoms with Gasteiger partial charge < -0.3 is 10.8 Å². The van der Waals surface area contributed by atoms with Crippen molar-refractivity contribution in [3.05, 3.63) is 16.4 Å². The number of aromatic nitrogens is 2. The van der Waals surface area contributed by atoms with Crippen LogP contribution >= 0.6 is 11.6 Å². The summed E-state index contributed by atoms with van der Waals surface area (Å²) in [6.07, 6.45) is 0. The minimum absolute atomic E-state index is 0.0694. The van der Waals surface area contributed by atoms with Gasteiger partial charge in [-0.05, 0) is 6.92 Å². The van der Waals surface area contributed by atoms with E-state index in [4.69, 9.17) is 22.4 Å². The highest BCUT2D eigenvalue weighted by Gasteiger charge is 2.13. The molecular weight excluding hydrogens is 182 g/mol. The van der Waals surface area contributed by atoms with Crippen LogP contribution in [0.3, 0.4) is 0 Å². The van der Waals surface area contributed by atoms with Crippen molar-refractivity contribution in [1.82, 2.24) is 9.97 Å². The number of hydrogen-bond acceptors (Lipinski definition) is 4. The third-order valence-electron chi connectivity index (χ3n) is 1.31. The largest absolute Gasteiger partial charge is 0.476 e. The molecule has 0 radical (unpaired) electrons. The number of carboxylic acid groups (broad SMARTS) is 1. The summed E-state index contributed by atoms with van der Waals surface area (Å²) in [5.41, 5.74) is 5.35. The van der Waals surface area contributed by atoms with Gasteiger partial charge in [0.05, 0.1) is 0 Å². The Morgan fingerprint density at radius 1 is 1.58 bits per heavy atom. The molecule has 0 saturated carbocycles. The number of carboxylic acids is 1. The van der Waals surface area contributed by atoms with Crippen LogP contribution in [-0.4, -0.2) is 21.0 Å². The lowest BCUT2D eigenvalue weighted by atomic mass is 10.2. The van der Waals surface area contributed by atoms with Crippen molar-refractivity contribution in [3.8, 4) is 0 Å². The Bertz CT molecular complexity index is 340. The van der Waals surface area contributed by atoms with Crippen LogP contribution in [0.2, 0.25) is 5.15 Å². The molecule has 3 N–H and O–H groups in total. The molecule has 1 aromatic rings. The van der Waals surface area contributed by atoms with Crippen molar-refractivity contribution < 1.29 is 9.90 Å². The Balaban J connectivity index is 3.37. The molecule has 0 fully saturated rings. The van der Waals surface area contributed by atoms with Crippen molar-refractivity contribution in [2.45, 2.75) is 6.92 Å². The average molecular weight is 188 g/mol. The third kappa shape index (κ3) is 1.45.